The zero-order valence-electron chi connectivity index (χ0n) is 14.9. The summed E-state index contributed by atoms with van der Waals surface area (Å²) in [6.45, 7) is 3.95. The summed E-state index contributed by atoms with van der Waals surface area (Å²) in [6, 6.07) is 10.2. The van der Waals surface area contributed by atoms with Gasteiger partial charge in [0.2, 0.25) is 5.91 Å². The van der Waals surface area contributed by atoms with Crippen LogP contribution < -0.4 is 5.32 Å². The van der Waals surface area contributed by atoms with Crippen LogP contribution in [-0.4, -0.2) is 10.9 Å². The SMILES string of the molecule is CC(C)CC(NC(=O)CCc1ccccn1)c1cccc(C(F)(F)F)c1. The molecule has 0 aliphatic rings. The lowest BCUT2D eigenvalue weighted by molar-refractivity contribution is -0.137. The number of halogens is 3. The van der Waals surface area contributed by atoms with Gasteiger partial charge in [0.15, 0.2) is 0 Å². The third kappa shape index (κ3) is 6.17. The topological polar surface area (TPSA) is 42.0 Å². The molecule has 0 spiro atoms. The summed E-state index contributed by atoms with van der Waals surface area (Å²) in [5.74, 6) is 0.0318. The Labute approximate surface area is 151 Å². The van der Waals surface area contributed by atoms with Gasteiger partial charge in [-0.05, 0) is 48.6 Å². The van der Waals surface area contributed by atoms with Gasteiger partial charge >= 0.3 is 6.18 Å². The molecule has 140 valence electrons. The van der Waals surface area contributed by atoms with E-state index < -0.39 is 17.8 Å². The van der Waals surface area contributed by atoms with Crippen LogP contribution in [0.3, 0.4) is 0 Å². The van der Waals surface area contributed by atoms with Crippen molar-refractivity contribution in [3.05, 3.63) is 65.5 Å². The van der Waals surface area contributed by atoms with Gasteiger partial charge in [-0.3, -0.25) is 9.78 Å². The Hall–Kier alpha value is -2.37. The monoisotopic (exact) mass is 364 g/mol. The third-order valence-electron chi connectivity index (χ3n) is 3.99. The Bertz CT molecular complexity index is 714. The van der Waals surface area contributed by atoms with Crippen LogP contribution in [0.25, 0.3) is 0 Å². The van der Waals surface area contributed by atoms with Crippen LogP contribution in [0.5, 0.6) is 0 Å². The van der Waals surface area contributed by atoms with Crippen molar-refractivity contribution in [1.82, 2.24) is 10.3 Å². The molecule has 0 aliphatic heterocycles. The number of alkyl halides is 3. The zero-order chi connectivity index (χ0) is 19.2. The van der Waals surface area contributed by atoms with E-state index in [2.05, 4.69) is 10.3 Å². The summed E-state index contributed by atoms with van der Waals surface area (Å²) >= 11 is 0. The Kier molecular flexibility index (Phi) is 6.77. The molecular weight excluding hydrogens is 341 g/mol. The van der Waals surface area contributed by atoms with Gasteiger partial charge in [-0.25, -0.2) is 0 Å². The largest absolute Gasteiger partial charge is 0.416 e. The number of amides is 1. The molecule has 0 saturated heterocycles. The number of hydrogen-bond donors (Lipinski definition) is 1. The molecule has 2 aromatic rings. The van der Waals surface area contributed by atoms with E-state index in [1.165, 1.54) is 6.07 Å². The van der Waals surface area contributed by atoms with E-state index in [0.29, 0.717) is 18.4 Å². The lowest BCUT2D eigenvalue weighted by Crippen LogP contribution is -2.30. The highest BCUT2D eigenvalue weighted by Crippen LogP contribution is 2.32. The second-order valence-corrected chi connectivity index (χ2v) is 6.69. The number of aryl methyl sites for hydroxylation is 1. The van der Waals surface area contributed by atoms with E-state index in [9.17, 15) is 18.0 Å². The Morgan fingerprint density at radius 2 is 1.92 bits per heavy atom. The molecule has 1 aromatic carbocycles. The molecule has 1 amide bonds. The Morgan fingerprint density at radius 3 is 2.54 bits per heavy atom. The van der Waals surface area contributed by atoms with E-state index in [-0.39, 0.29) is 18.2 Å². The number of nitrogens with zero attached hydrogens (tertiary/aromatic N) is 1. The molecular formula is C20H23F3N2O. The van der Waals surface area contributed by atoms with Crippen molar-refractivity contribution < 1.29 is 18.0 Å². The predicted octanol–water partition coefficient (Wildman–Crippen LogP) is 4.94. The molecule has 1 unspecified atom stereocenters. The maximum atomic E-state index is 13.0. The number of benzene rings is 1. The van der Waals surface area contributed by atoms with Crippen molar-refractivity contribution in [2.45, 2.75) is 45.3 Å². The first-order chi connectivity index (χ1) is 12.3. The number of aromatic nitrogens is 1. The third-order valence-corrected chi connectivity index (χ3v) is 3.99. The predicted molar refractivity (Wildman–Crippen MR) is 94.3 cm³/mol. The molecule has 26 heavy (non-hydrogen) atoms. The van der Waals surface area contributed by atoms with Gasteiger partial charge in [0.1, 0.15) is 0 Å². The fourth-order valence-corrected chi connectivity index (χ4v) is 2.74. The summed E-state index contributed by atoms with van der Waals surface area (Å²) in [6.07, 6.45) is -1.44. The fourth-order valence-electron chi connectivity index (χ4n) is 2.74. The van der Waals surface area contributed by atoms with E-state index >= 15 is 0 Å². The second-order valence-electron chi connectivity index (χ2n) is 6.69. The molecule has 0 aliphatic carbocycles. The minimum Gasteiger partial charge on any atom is -0.349 e. The molecule has 1 heterocycles. The Morgan fingerprint density at radius 1 is 1.15 bits per heavy atom. The van der Waals surface area contributed by atoms with Gasteiger partial charge in [-0.2, -0.15) is 13.2 Å². The number of nitrogens with one attached hydrogen (secondary N) is 1. The maximum Gasteiger partial charge on any atom is 0.416 e. The summed E-state index contributed by atoms with van der Waals surface area (Å²) in [5, 5.41) is 2.88. The average Bonchev–Trinajstić information content (AvgIpc) is 2.59. The first-order valence-electron chi connectivity index (χ1n) is 8.62. The van der Waals surface area contributed by atoms with Crippen molar-refractivity contribution >= 4 is 5.91 Å². The van der Waals surface area contributed by atoms with Gasteiger partial charge in [-0.15, -0.1) is 0 Å². The summed E-state index contributed by atoms with van der Waals surface area (Å²) in [4.78, 5) is 16.5. The summed E-state index contributed by atoms with van der Waals surface area (Å²) < 4.78 is 38.9. The molecule has 3 nitrogen and oxygen atoms in total. The normalized spacial score (nSPS) is 12.8. The minimum absolute atomic E-state index is 0.196. The van der Waals surface area contributed by atoms with Crippen molar-refractivity contribution in [3.8, 4) is 0 Å². The minimum atomic E-state index is -4.40. The zero-order valence-corrected chi connectivity index (χ0v) is 14.9. The lowest BCUT2D eigenvalue weighted by atomic mass is 9.95. The molecule has 1 aromatic heterocycles. The molecule has 1 atom stereocenters. The van der Waals surface area contributed by atoms with Gasteiger partial charge < -0.3 is 5.32 Å². The molecule has 6 heteroatoms. The van der Waals surface area contributed by atoms with E-state index in [1.54, 1.807) is 18.3 Å². The van der Waals surface area contributed by atoms with Crippen LogP contribution >= 0.6 is 0 Å². The molecule has 1 N–H and O–H groups in total. The highest BCUT2D eigenvalue weighted by Gasteiger charge is 2.31. The van der Waals surface area contributed by atoms with Crippen LogP contribution in [0.15, 0.2) is 48.7 Å². The van der Waals surface area contributed by atoms with Gasteiger partial charge in [0.05, 0.1) is 11.6 Å². The summed E-state index contributed by atoms with van der Waals surface area (Å²) in [5.41, 5.74) is 0.577. The highest BCUT2D eigenvalue weighted by atomic mass is 19.4. The van der Waals surface area contributed by atoms with Crippen LogP contribution in [-0.2, 0) is 17.4 Å². The molecule has 2 rings (SSSR count). The van der Waals surface area contributed by atoms with Crippen LogP contribution in [0.1, 0.15) is 49.6 Å². The smallest absolute Gasteiger partial charge is 0.349 e. The number of carbonyl (C=O) groups is 1. The number of pyridine rings is 1. The van der Waals surface area contributed by atoms with Crippen LogP contribution in [0, 0.1) is 5.92 Å². The first-order valence-corrected chi connectivity index (χ1v) is 8.62. The fraction of sp³-hybridized carbons (Fsp3) is 0.400. The molecule has 0 bridgehead atoms. The Balaban J connectivity index is 2.08. The first kappa shape index (κ1) is 19.9. The van der Waals surface area contributed by atoms with E-state index in [4.69, 9.17) is 0 Å². The van der Waals surface area contributed by atoms with Crippen molar-refractivity contribution in [3.63, 3.8) is 0 Å². The number of rotatable bonds is 7. The highest BCUT2D eigenvalue weighted by molar-refractivity contribution is 5.76. The summed E-state index contributed by atoms with van der Waals surface area (Å²) in [7, 11) is 0. The van der Waals surface area contributed by atoms with E-state index in [1.807, 2.05) is 26.0 Å². The van der Waals surface area contributed by atoms with Gasteiger partial charge in [-0.1, -0.05) is 32.0 Å². The molecule has 0 radical (unpaired) electrons. The van der Waals surface area contributed by atoms with Crippen molar-refractivity contribution in [2.24, 2.45) is 5.92 Å². The second kappa shape index (κ2) is 8.83. The van der Waals surface area contributed by atoms with Gasteiger partial charge in [0, 0.05) is 18.3 Å². The van der Waals surface area contributed by atoms with E-state index in [0.717, 1.165) is 17.8 Å². The van der Waals surface area contributed by atoms with Crippen molar-refractivity contribution in [1.29, 1.82) is 0 Å². The average molecular weight is 364 g/mol. The number of hydrogen-bond acceptors (Lipinski definition) is 2. The van der Waals surface area contributed by atoms with Gasteiger partial charge in [0.25, 0.3) is 0 Å². The standard InChI is InChI=1S/C20H23F3N2O/c1-14(2)12-18(15-6-5-7-16(13-15)20(21,22)23)25-19(26)10-9-17-8-3-4-11-24-17/h3-8,11,13-14,18H,9-10,12H2,1-2H3,(H,25,26). The molecule has 0 saturated carbocycles. The lowest BCUT2D eigenvalue weighted by Gasteiger charge is -2.22. The van der Waals surface area contributed by atoms with Crippen LogP contribution in [0.4, 0.5) is 13.2 Å². The van der Waals surface area contributed by atoms with Crippen LogP contribution in [0.2, 0.25) is 0 Å². The maximum absolute atomic E-state index is 13.0. The molecule has 0 fully saturated rings. The van der Waals surface area contributed by atoms with Crippen molar-refractivity contribution in [2.75, 3.05) is 0 Å². The quantitative estimate of drug-likeness (QED) is 0.756. The number of carbonyl (C=O) groups excluding carboxylic acids is 1.